The maximum absolute atomic E-state index is 9.09. The lowest BCUT2D eigenvalue weighted by atomic mass is 9.92. The molecule has 3 N–H and O–H groups in total. The van der Waals surface area contributed by atoms with Crippen molar-refractivity contribution in [3.8, 4) is 0 Å². The minimum Gasteiger partial charge on any atom is -0.396 e. The highest BCUT2D eigenvalue weighted by atomic mass is 35.5. The summed E-state index contributed by atoms with van der Waals surface area (Å²) in [6, 6.07) is 8.24. The Morgan fingerprint density at radius 2 is 2.11 bits per heavy atom. The number of aliphatic hydroxyl groups excluding tert-OH is 1. The van der Waals surface area contributed by atoms with Gasteiger partial charge in [0.1, 0.15) is 0 Å². The molecule has 1 aliphatic heterocycles. The maximum Gasteiger partial charge on any atom is 0.0470 e. The molecular weight excluding hydrogens is 260 g/mol. The van der Waals surface area contributed by atoms with Gasteiger partial charge in [-0.3, -0.25) is 4.90 Å². The number of aliphatic hydroxyl groups is 1. The predicted molar refractivity (Wildman–Crippen MR) is 79.2 cm³/mol. The molecule has 0 aliphatic carbocycles. The van der Waals surface area contributed by atoms with Gasteiger partial charge < -0.3 is 10.8 Å². The average Bonchev–Trinajstić information content (AvgIpc) is 2.43. The molecule has 0 bridgehead atoms. The topological polar surface area (TPSA) is 49.5 Å². The molecule has 0 amide bonds. The zero-order chi connectivity index (χ0) is 13.7. The van der Waals surface area contributed by atoms with Crippen LogP contribution in [0.25, 0.3) is 0 Å². The van der Waals surface area contributed by atoms with Gasteiger partial charge in [0.2, 0.25) is 0 Å². The second-order valence-electron chi connectivity index (χ2n) is 5.32. The molecule has 4 heteroatoms. The van der Waals surface area contributed by atoms with Crippen LogP contribution in [0.1, 0.15) is 30.9 Å². The SMILES string of the molecule is NCC(c1ccc(Cl)cc1)N1CCCC(CCO)C1. The van der Waals surface area contributed by atoms with Crippen molar-refractivity contribution in [3.05, 3.63) is 34.9 Å². The molecule has 2 rings (SSSR count). The second kappa shape index (κ2) is 7.25. The molecule has 1 fully saturated rings. The van der Waals surface area contributed by atoms with E-state index in [0.29, 0.717) is 12.5 Å². The van der Waals surface area contributed by atoms with Gasteiger partial charge in [-0.2, -0.15) is 0 Å². The Labute approximate surface area is 120 Å². The van der Waals surface area contributed by atoms with Crippen molar-refractivity contribution in [2.75, 3.05) is 26.2 Å². The van der Waals surface area contributed by atoms with Crippen molar-refractivity contribution in [1.29, 1.82) is 0 Å². The Balaban J connectivity index is 2.06. The van der Waals surface area contributed by atoms with Gasteiger partial charge in [0.25, 0.3) is 0 Å². The number of rotatable bonds is 5. The highest BCUT2D eigenvalue weighted by Crippen LogP contribution is 2.28. The van der Waals surface area contributed by atoms with Crippen molar-refractivity contribution < 1.29 is 5.11 Å². The molecule has 0 saturated carbocycles. The predicted octanol–water partition coefficient (Wildman–Crippen LogP) is 2.43. The number of halogens is 1. The number of nitrogens with two attached hydrogens (primary N) is 1. The molecule has 0 radical (unpaired) electrons. The van der Waals surface area contributed by atoms with Gasteiger partial charge in [0, 0.05) is 30.8 Å². The molecule has 1 aromatic rings. The fraction of sp³-hybridized carbons (Fsp3) is 0.600. The highest BCUT2D eigenvalue weighted by Gasteiger charge is 2.25. The van der Waals surface area contributed by atoms with E-state index in [0.717, 1.165) is 24.5 Å². The van der Waals surface area contributed by atoms with Crippen LogP contribution in [0, 0.1) is 5.92 Å². The van der Waals surface area contributed by atoms with E-state index in [1.54, 1.807) is 0 Å². The maximum atomic E-state index is 9.09. The number of hydrogen-bond donors (Lipinski definition) is 2. The second-order valence-corrected chi connectivity index (χ2v) is 5.75. The lowest BCUT2D eigenvalue weighted by molar-refractivity contribution is 0.110. The van der Waals surface area contributed by atoms with E-state index in [2.05, 4.69) is 17.0 Å². The molecule has 19 heavy (non-hydrogen) atoms. The van der Waals surface area contributed by atoms with Crippen LogP contribution in [-0.2, 0) is 0 Å². The van der Waals surface area contributed by atoms with Crippen molar-refractivity contribution in [1.82, 2.24) is 4.90 Å². The summed E-state index contributed by atoms with van der Waals surface area (Å²) in [7, 11) is 0. The molecule has 1 aliphatic rings. The molecular formula is C15H23ClN2O. The van der Waals surface area contributed by atoms with E-state index in [1.807, 2.05) is 12.1 Å². The van der Waals surface area contributed by atoms with Gasteiger partial charge >= 0.3 is 0 Å². The van der Waals surface area contributed by atoms with Crippen molar-refractivity contribution in [2.45, 2.75) is 25.3 Å². The summed E-state index contributed by atoms with van der Waals surface area (Å²) in [5.41, 5.74) is 7.20. The standard InChI is InChI=1S/C15H23ClN2O/c16-14-5-3-13(4-6-14)15(10-17)18-8-1-2-12(11-18)7-9-19/h3-6,12,15,19H,1-2,7-11,17H2. The Morgan fingerprint density at radius 3 is 2.74 bits per heavy atom. The first-order chi connectivity index (χ1) is 9.24. The van der Waals surface area contributed by atoms with Gasteiger partial charge in [-0.15, -0.1) is 0 Å². The van der Waals surface area contributed by atoms with Crippen molar-refractivity contribution >= 4 is 11.6 Å². The summed E-state index contributed by atoms with van der Waals surface area (Å²) in [5, 5.41) is 9.85. The normalized spacial score (nSPS) is 22.4. The number of likely N-dealkylation sites (tertiary alicyclic amines) is 1. The van der Waals surface area contributed by atoms with E-state index in [9.17, 15) is 0 Å². The van der Waals surface area contributed by atoms with E-state index < -0.39 is 0 Å². The largest absolute Gasteiger partial charge is 0.396 e. The zero-order valence-corrected chi connectivity index (χ0v) is 12.0. The first-order valence-corrected chi connectivity index (χ1v) is 7.43. The molecule has 0 spiro atoms. The number of piperidine rings is 1. The van der Waals surface area contributed by atoms with Crippen LogP contribution in [0.4, 0.5) is 0 Å². The summed E-state index contributed by atoms with van der Waals surface area (Å²) in [6.45, 7) is 3.03. The van der Waals surface area contributed by atoms with Gasteiger partial charge in [-0.25, -0.2) is 0 Å². The highest BCUT2D eigenvalue weighted by molar-refractivity contribution is 6.30. The lowest BCUT2D eigenvalue weighted by Crippen LogP contribution is -2.41. The van der Waals surface area contributed by atoms with Crippen LogP contribution in [0.3, 0.4) is 0 Å². The van der Waals surface area contributed by atoms with Gasteiger partial charge in [0.05, 0.1) is 0 Å². The molecule has 2 unspecified atom stereocenters. The molecule has 0 aromatic heterocycles. The summed E-state index contributed by atoms with van der Waals surface area (Å²) >= 11 is 5.94. The minimum absolute atomic E-state index is 0.263. The van der Waals surface area contributed by atoms with Crippen LogP contribution in [0.15, 0.2) is 24.3 Å². The Bertz CT molecular complexity index is 380. The number of benzene rings is 1. The first kappa shape index (κ1) is 14.8. The third-order valence-corrected chi connectivity index (χ3v) is 4.26. The zero-order valence-electron chi connectivity index (χ0n) is 11.3. The van der Waals surface area contributed by atoms with Crippen LogP contribution in [0.2, 0.25) is 5.02 Å². The fourth-order valence-electron chi connectivity index (χ4n) is 2.98. The monoisotopic (exact) mass is 282 g/mol. The summed E-state index contributed by atoms with van der Waals surface area (Å²) < 4.78 is 0. The quantitative estimate of drug-likeness (QED) is 0.872. The Kier molecular flexibility index (Phi) is 5.64. The molecule has 106 valence electrons. The minimum atomic E-state index is 0.263. The van der Waals surface area contributed by atoms with Crippen molar-refractivity contribution in [3.63, 3.8) is 0 Å². The summed E-state index contributed by atoms with van der Waals surface area (Å²) in [4.78, 5) is 2.45. The van der Waals surface area contributed by atoms with Gasteiger partial charge in [-0.05, 0) is 49.4 Å². The van der Waals surface area contributed by atoms with E-state index in [4.69, 9.17) is 22.4 Å². The molecule has 3 nitrogen and oxygen atoms in total. The van der Waals surface area contributed by atoms with Gasteiger partial charge in [-0.1, -0.05) is 23.7 Å². The molecule has 1 heterocycles. The van der Waals surface area contributed by atoms with E-state index in [1.165, 1.54) is 18.4 Å². The fourth-order valence-corrected chi connectivity index (χ4v) is 3.11. The molecule has 1 aromatic carbocycles. The third-order valence-electron chi connectivity index (χ3n) is 4.01. The lowest BCUT2D eigenvalue weighted by Gasteiger charge is -2.38. The van der Waals surface area contributed by atoms with Crippen molar-refractivity contribution in [2.24, 2.45) is 11.7 Å². The van der Waals surface area contributed by atoms with Gasteiger partial charge in [0.15, 0.2) is 0 Å². The van der Waals surface area contributed by atoms with Crippen LogP contribution in [-0.4, -0.2) is 36.2 Å². The van der Waals surface area contributed by atoms with E-state index >= 15 is 0 Å². The average molecular weight is 283 g/mol. The van der Waals surface area contributed by atoms with E-state index in [-0.39, 0.29) is 12.6 Å². The summed E-state index contributed by atoms with van der Waals surface area (Å²) in [6.07, 6.45) is 3.30. The Hall–Kier alpha value is -0.610. The number of hydrogen-bond acceptors (Lipinski definition) is 3. The third kappa shape index (κ3) is 3.93. The first-order valence-electron chi connectivity index (χ1n) is 7.05. The number of nitrogens with zero attached hydrogens (tertiary/aromatic N) is 1. The van der Waals surface area contributed by atoms with Crippen LogP contribution in [0.5, 0.6) is 0 Å². The van der Waals surface area contributed by atoms with Crippen LogP contribution >= 0.6 is 11.6 Å². The Morgan fingerprint density at radius 1 is 1.37 bits per heavy atom. The molecule has 2 atom stereocenters. The smallest absolute Gasteiger partial charge is 0.0470 e. The van der Waals surface area contributed by atoms with Crippen LogP contribution < -0.4 is 5.73 Å². The summed E-state index contributed by atoms with van der Waals surface area (Å²) in [5.74, 6) is 0.597. The molecule has 1 saturated heterocycles.